The van der Waals surface area contributed by atoms with E-state index in [4.69, 9.17) is 0 Å². The van der Waals surface area contributed by atoms with Crippen LogP contribution in [0.2, 0.25) is 0 Å². The van der Waals surface area contributed by atoms with E-state index in [2.05, 4.69) is 15.4 Å². The number of nitrogens with zero attached hydrogens (tertiary/aromatic N) is 3. The van der Waals surface area contributed by atoms with Gasteiger partial charge in [0.05, 0.1) is 22.5 Å². The summed E-state index contributed by atoms with van der Waals surface area (Å²) in [6.45, 7) is 1.95. The third-order valence-electron chi connectivity index (χ3n) is 3.84. The highest BCUT2D eigenvalue weighted by molar-refractivity contribution is 7.20. The summed E-state index contributed by atoms with van der Waals surface area (Å²) < 4.78 is 1.81. The van der Waals surface area contributed by atoms with E-state index in [1.54, 1.807) is 12.4 Å². The Morgan fingerprint density at radius 3 is 2.87 bits per heavy atom. The van der Waals surface area contributed by atoms with E-state index in [0.29, 0.717) is 4.88 Å². The fourth-order valence-electron chi connectivity index (χ4n) is 2.72. The van der Waals surface area contributed by atoms with Gasteiger partial charge in [-0.3, -0.25) is 14.5 Å². The molecule has 0 aliphatic heterocycles. The van der Waals surface area contributed by atoms with Crippen molar-refractivity contribution in [2.45, 2.75) is 6.92 Å². The molecular weight excluding hydrogens is 308 g/mol. The fraction of sp³-hybridized carbons (Fsp3) is 0.118. The zero-order valence-corrected chi connectivity index (χ0v) is 13.5. The van der Waals surface area contributed by atoms with Crippen molar-refractivity contribution in [2.75, 3.05) is 5.32 Å². The standard InChI is InChI=1S/C17H14N4OS/c1-10-13-7-15(23-17(13)21(2)20-10)16(22)19-14-9-18-8-11-5-3-4-6-12(11)14/h3-9H,1-2H3,(H,19,22). The van der Waals surface area contributed by atoms with Crippen molar-refractivity contribution in [3.8, 4) is 0 Å². The average molecular weight is 322 g/mol. The molecule has 4 aromatic rings. The summed E-state index contributed by atoms with van der Waals surface area (Å²) in [7, 11) is 1.89. The predicted octanol–water partition coefficient (Wildman–Crippen LogP) is 3.74. The molecule has 23 heavy (non-hydrogen) atoms. The van der Waals surface area contributed by atoms with Gasteiger partial charge < -0.3 is 5.32 Å². The minimum absolute atomic E-state index is 0.122. The lowest BCUT2D eigenvalue weighted by molar-refractivity contribution is 0.103. The van der Waals surface area contributed by atoms with Crippen LogP contribution in [0, 0.1) is 6.92 Å². The summed E-state index contributed by atoms with van der Waals surface area (Å²) in [4.78, 5) is 18.5. The molecule has 5 nitrogen and oxygen atoms in total. The number of carbonyl (C=O) groups is 1. The van der Waals surface area contributed by atoms with Gasteiger partial charge >= 0.3 is 0 Å². The van der Waals surface area contributed by atoms with Gasteiger partial charge in [0.15, 0.2) is 0 Å². The molecule has 0 saturated heterocycles. The summed E-state index contributed by atoms with van der Waals surface area (Å²) in [5, 5.41) is 10.3. The van der Waals surface area contributed by atoms with Crippen LogP contribution in [0.1, 0.15) is 15.4 Å². The van der Waals surface area contributed by atoms with Crippen molar-refractivity contribution in [2.24, 2.45) is 7.05 Å². The molecular formula is C17H14N4OS. The number of fused-ring (bicyclic) bond motifs is 2. The molecule has 0 bridgehead atoms. The summed E-state index contributed by atoms with van der Waals surface area (Å²) in [5.41, 5.74) is 1.66. The molecule has 0 unspecified atom stereocenters. The number of rotatable bonds is 2. The van der Waals surface area contributed by atoms with E-state index in [1.165, 1.54) is 11.3 Å². The lowest BCUT2D eigenvalue weighted by Gasteiger charge is -2.06. The number of anilines is 1. The molecule has 114 valence electrons. The van der Waals surface area contributed by atoms with E-state index in [9.17, 15) is 4.79 Å². The van der Waals surface area contributed by atoms with Crippen LogP contribution in [0.3, 0.4) is 0 Å². The number of hydrogen-bond acceptors (Lipinski definition) is 4. The summed E-state index contributed by atoms with van der Waals surface area (Å²) in [6, 6.07) is 9.76. The van der Waals surface area contributed by atoms with Gasteiger partial charge in [0.1, 0.15) is 4.83 Å². The zero-order chi connectivity index (χ0) is 16.0. The quantitative estimate of drug-likeness (QED) is 0.611. The molecule has 0 radical (unpaired) electrons. The number of aromatic nitrogens is 3. The molecule has 3 aromatic heterocycles. The fourth-order valence-corrected chi connectivity index (χ4v) is 3.74. The van der Waals surface area contributed by atoms with Gasteiger partial charge in [-0.05, 0) is 13.0 Å². The van der Waals surface area contributed by atoms with Gasteiger partial charge in [0.25, 0.3) is 5.91 Å². The average Bonchev–Trinajstić information content (AvgIpc) is 3.10. The summed E-state index contributed by atoms with van der Waals surface area (Å²) in [5.74, 6) is -0.122. The third kappa shape index (κ3) is 2.27. The van der Waals surface area contributed by atoms with E-state index < -0.39 is 0 Å². The summed E-state index contributed by atoms with van der Waals surface area (Å²) >= 11 is 1.45. The topological polar surface area (TPSA) is 59.8 Å². The lowest BCUT2D eigenvalue weighted by Crippen LogP contribution is -2.10. The zero-order valence-electron chi connectivity index (χ0n) is 12.7. The van der Waals surface area contributed by atoms with Crippen molar-refractivity contribution in [1.29, 1.82) is 0 Å². The van der Waals surface area contributed by atoms with Gasteiger partial charge in [-0.2, -0.15) is 5.10 Å². The van der Waals surface area contributed by atoms with Crippen LogP contribution < -0.4 is 5.32 Å². The second-order valence-corrected chi connectivity index (χ2v) is 6.43. The maximum Gasteiger partial charge on any atom is 0.265 e. The van der Waals surface area contributed by atoms with Crippen molar-refractivity contribution >= 4 is 43.9 Å². The van der Waals surface area contributed by atoms with Crippen LogP contribution in [0.25, 0.3) is 21.0 Å². The van der Waals surface area contributed by atoms with Crippen LogP contribution >= 0.6 is 11.3 Å². The second-order valence-electron chi connectivity index (χ2n) is 5.40. The number of amides is 1. The molecule has 0 aliphatic carbocycles. The van der Waals surface area contributed by atoms with E-state index in [0.717, 1.165) is 32.4 Å². The second kappa shape index (κ2) is 5.17. The first kappa shape index (κ1) is 13.9. The molecule has 1 amide bonds. The van der Waals surface area contributed by atoms with Crippen LogP contribution in [0.15, 0.2) is 42.7 Å². The number of aryl methyl sites for hydroxylation is 2. The molecule has 4 rings (SSSR count). The minimum Gasteiger partial charge on any atom is -0.319 e. The number of pyridine rings is 1. The maximum atomic E-state index is 12.6. The molecule has 0 atom stereocenters. The molecule has 1 aromatic carbocycles. The van der Waals surface area contributed by atoms with Crippen LogP contribution in [-0.4, -0.2) is 20.7 Å². The van der Waals surface area contributed by atoms with Crippen LogP contribution in [-0.2, 0) is 7.05 Å². The van der Waals surface area contributed by atoms with Crippen molar-refractivity contribution in [3.63, 3.8) is 0 Å². The Bertz CT molecular complexity index is 1010. The minimum atomic E-state index is -0.122. The van der Waals surface area contributed by atoms with Crippen LogP contribution in [0.4, 0.5) is 5.69 Å². The van der Waals surface area contributed by atoms with E-state index >= 15 is 0 Å². The normalized spacial score (nSPS) is 11.2. The Labute approximate surface area is 136 Å². The first-order chi connectivity index (χ1) is 11.1. The van der Waals surface area contributed by atoms with Crippen molar-refractivity contribution in [3.05, 3.63) is 53.3 Å². The lowest BCUT2D eigenvalue weighted by atomic mass is 10.1. The third-order valence-corrected chi connectivity index (χ3v) is 5.04. The first-order valence-electron chi connectivity index (χ1n) is 7.21. The number of nitrogens with one attached hydrogen (secondary N) is 1. The van der Waals surface area contributed by atoms with Gasteiger partial charge in [0, 0.05) is 29.4 Å². The van der Waals surface area contributed by atoms with E-state index in [-0.39, 0.29) is 5.91 Å². The Morgan fingerprint density at radius 2 is 2.04 bits per heavy atom. The molecule has 6 heteroatoms. The molecule has 0 saturated carbocycles. The molecule has 3 heterocycles. The van der Waals surface area contributed by atoms with Crippen molar-refractivity contribution < 1.29 is 4.79 Å². The van der Waals surface area contributed by atoms with E-state index in [1.807, 2.05) is 49.0 Å². The predicted molar refractivity (Wildman–Crippen MR) is 93.0 cm³/mol. The Balaban J connectivity index is 1.72. The highest BCUT2D eigenvalue weighted by atomic mass is 32.1. The SMILES string of the molecule is Cc1nn(C)c2sc(C(=O)Nc3cncc4ccccc34)cc12. The molecule has 0 fully saturated rings. The first-order valence-corrected chi connectivity index (χ1v) is 8.02. The van der Waals surface area contributed by atoms with Gasteiger partial charge in [0.2, 0.25) is 0 Å². The molecule has 1 N–H and O–H groups in total. The molecule has 0 spiro atoms. The smallest absolute Gasteiger partial charge is 0.265 e. The number of thiophene rings is 1. The van der Waals surface area contributed by atoms with Gasteiger partial charge in [-0.25, -0.2) is 0 Å². The highest BCUT2D eigenvalue weighted by Crippen LogP contribution is 2.29. The Kier molecular flexibility index (Phi) is 3.12. The highest BCUT2D eigenvalue weighted by Gasteiger charge is 2.16. The van der Waals surface area contributed by atoms with Gasteiger partial charge in [-0.1, -0.05) is 24.3 Å². The Morgan fingerprint density at radius 1 is 1.22 bits per heavy atom. The maximum absolute atomic E-state index is 12.6. The molecule has 0 aliphatic rings. The number of hydrogen-bond donors (Lipinski definition) is 1. The van der Waals surface area contributed by atoms with Crippen molar-refractivity contribution in [1.82, 2.24) is 14.8 Å². The monoisotopic (exact) mass is 322 g/mol. The van der Waals surface area contributed by atoms with Gasteiger partial charge in [-0.15, -0.1) is 11.3 Å². The number of carbonyl (C=O) groups excluding carboxylic acids is 1. The number of benzene rings is 1. The summed E-state index contributed by atoms with van der Waals surface area (Å²) in [6.07, 6.45) is 3.47. The van der Waals surface area contributed by atoms with Crippen LogP contribution in [0.5, 0.6) is 0 Å². The largest absolute Gasteiger partial charge is 0.319 e. The Hall–Kier alpha value is -2.73.